The molecule has 124 valence electrons. The van der Waals surface area contributed by atoms with Crippen molar-refractivity contribution in [2.24, 2.45) is 0 Å². The number of amides is 1. The predicted octanol–water partition coefficient (Wildman–Crippen LogP) is 1.18. The third-order valence-electron chi connectivity index (χ3n) is 5.16. The number of fused-ring (bicyclic) bond motifs is 1. The molecular weight excluding hydrogens is 292 g/mol. The lowest BCUT2D eigenvalue weighted by molar-refractivity contribution is -0.145. The molecule has 1 unspecified atom stereocenters. The Balaban J connectivity index is 1.49. The Morgan fingerprint density at radius 1 is 1.09 bits per heavy atom. The van der Waals surface area contributed by atoms with E-state index in [1.54, 1.807) is 6.33 Å². The number of aryl methyl sites for hydroxylation is 1. The molecule has 0 N–H and O–H groups in total. The lowest BCUT2D eigenvalue weighted by atomic mass is 10.1. The highest BCUT2D eigenvalue weighted by atomic mass is 16.5. The maximum atomic E-state index is 12.7. The summed E-state index contributed by atoms with van der Waals surface area (Å²) in [5.41, 5.74) is 2.46. The van der Waals surface area contributed by atoms with Crippen molar-refractivity contribution in [3.05, 3.63) is 17.6 Å². The van der Waals surface area contributed by atoms with E-state index < -0.39 is 0 Å². The summed E-state index contributed by atoms with van der Waals surface area (Å²) in [6.45, 7) is 3.75. The number of hydrogen-bond donors (Lipinski definition) is 0. The van der Waals surface area contributed by atoms with Crippen molar-refractivity contribution >= 4 is 11.7 Å². The second-order valence-corrected chi connectivity index (χ2v) is 6.67. The molecule has 1 atom stereocenters. The van der Waals surface area contributed by atoms with E-state index in [1.807, 2.05) is 4.90 Å². The molecule has 1 aliphatic carbocycles. The minimum Gasteiger partial charge on any atom is -0.365 e. The zero-order chi connectivity index (χ0) is 15.6. The zero-order valence-electron chi connectivity index (χ0n) is 13.5. The van der Waals surface area contributed by atoms with Crippen molar-refractivity contribution in [3.63, 3.8) is 0 Å². The minimum absolute atomic E-state index is 0.153. The van der Waals surface area contributed by atoms with Crippen LogP contribution in [-0.2, 0) is 22.4 Å². The lowest BCUT2D eigenvalue weighted by Crippen LogP contribution is -2.52. The molecule has 2 aliphatic heterocycles. The van der Waals surface area contributed by atoms with E-state index in [0.717, 1.165) is 57.6 Å². The summed E-state index contributed by atoms with van der Waals surface area (Å²) in [7, 11) is 0. The first-order valence-electron chi connectivity index (χ1n) is 8.81. The molecule has 23 heavy (non-hydrogen) atoms. The van der Waals surface area contributed by atoms with Crippen molar-refractivity contribution in [1.82, 2.24) is 14.9 Å². The molecule has 2 saturated heterocycles. The van der Waals surface area contributed by atoms with Crippen molar-refractivity contribution in [3.8, 4) is 0 Å². The predicted molar refractivity (Wildman–Crippen MR) is 86.4 cm³/mol. The smallest absolute Gasteiger partial charge is 0.253 e. The van der Waals surface area contributed by atoms with Crippen LogP contribution in [0.1, 0.15) is 36.9 Å². The van der Waals surface area contributed by atoms with Crippen LogP contribution in [0.4, 0.5) is 5.82 Å². The van der Waals surface area contributed by atoms with Gasteiger partial charge in [0.15, 0.2) is 6.10 Å². The van der Waals surface area contributed by atoms with Crippen LogP contribution in [0.15, 0.2) is 6.33 Å². The topological polar surface area (TPSA) is 58.6 Å². The van der Waals surface area contributed by atoms with Crippen LogP contribution in [0.5, 0.6) is 0 Å². The quantitative estimate of drug-likeness (QED) is 0.820. The van der Waals surface area contributed by atoms with Crippen LogP contribution in [0, 0.1) is 0 Å². The molecule has 6 nitrogen and oxygen atoms in total. The van der Waals surface area contributed by atoms with Gasteiger partial charge in [-0.25, -0.2) is 9.97 Å². The summed E-state index contributed by atoms with van der Waals surface area (Å²) in [4.78, 5) is 25.8. The molecule has 6 heteroatoms. The number of rotatable bonds is 2. The van der Waals surface area contributed by atoms with E-state index in [0.29, 0.717) is 13.2 Å². The summed E-state index contributed by atoms with van der Waals surface area (Å²) < 4.78 is 5.79. The molecule has 0 aromatic carbocycles. The number of ether oxygens (including phenoxy) is 1. The molecule has 3 aliphatic rings. The monoisotopic (exact) mass is 316 g/mol. The van der Waals surface area contributed by atoms with Crippen LogP contribution in [0.2, 0.25) is 0 Å². The number of aromatic nitrogens is 2. The summed E-state index contributed by atoms with van der Waals surface area (Å²) in [5, 5.41) is 0. The number of nitrogens with zero attached hydrogens (tertiary/aromatic N) is 4. The molecular formula is C17H24N4O2. The molecule has 1 amide bonds. The third-order valence-corrected chi connectivity index (χ3v) is 5.16. The molecule has 0 saturated carbocycles. The summed E-state index contributed by atoms with van der Waals surface area (Å²) in [6, 6.07) is 0. The van der Waals surface area contributed by atoms with Crippen molar-refractivity contribution in [2.75, 3.05) is 37.7 Å². The first-order valence-corrected chi connectivity index (χ1v) is 8.81. The minimum atomic E-state index is -0.353. The van der Waals surface area contributed by atoms with Crippen LogP contribution in [-0.4, -0.2) is 59.7 Å². The fourth-order valence-electron chi connectivity index (χ4n) is 3.92. The highest BCUT2D eigenvalue weighted by molar-refractivity contribution is 5.82. The normalized spacial score (nSPS) is 24.6. The largest absolute Gasteiger partial charge is 0.365 e. The van der Waals surface area contributed by atoms with E-state index in [1.165, 1.54) is 17.7 Å². The van der Waals surface area contributed by atoms with Crippen molar-refractivity contribution in [2.45, 2.75) is 44.6 Å². The summed E-state index contributed by atoms with van der Waals surface area (Å²) in [6.07, 6.45) is 8.02. The second-order valence-electron chi connectivity index (χ2n) is 6.67. The molecule has 0 bridgehead atoms. The Kier molecular flexibility index (Phi) is 4.16. The van der Waals surface area contributed by atoms with Gasteiger partial charge in [-0.2, -0.15) is 0 Å². The van der Waals surface area contributed by atoms with Gasteiger partial charge in [-0.1, -0.05) is 0 Å². The average Bonchev–Trinajstić information content (AvgIpc) is 3.10. The van der Waals surface area contributed by atoms with E-state index in [2.05, 4.69) is 14.9 Å². The van der Waals surface area contributed by atoms with Gasteiger partial charge in [0.1, 0.15) is 12.1 Å². The van der Waals surface area contributed by atoms with Crippen LogP contribution in [0.3, 0.4) is 0 Å². The number of likely N-dealkylation sites (tertiary alicyclic amines) is 1. The SMILES string of the molecule is O=C(C1CN(c2ncnc3c2CCC3)CCO1)N1CCCCC1. The highest BCUT2D eigenvalue weighted by Crippen LogP contribution is 2.29. The Bertz CT molecular complexity index is 586. The maximum absolute atomic E-state index is 12.7. The molecule has 1 aromatic heterocycles. The number of carbonyl (C=O) groups is 1. The number of anilines is 1. The lowest BCUT2D eigenvalue weighted by Gasteiger charge is -2.37. The van der Waals surface area contributed by atoms with E-state index in [-0.39, 0.29) is 12.0 Å². The van der Waals surface area contributed by atoms with Gasteiger partial charge < -0.3 is 14.5 Å². The molecule has 2 fully saturated rings. The first-order chi connectivity index (χ1) is 11.3. The second kappa shape index (κ2) is 6.43. The average molecular weight is 316 g/mol. The van der Waals surface area contributed by atoms with Crippen LogP contribution >= 0.6 is 0 Å². The molecule has 0 radical (unpaired) electrons. The number of hydrogen-bond acceptors (Lipinski definition) is 5. The summed E-state index contributed by atoms with van der Waals surface area (Å²) in [5.74, 6) is 1.17. The summed E-state index contributed by atoms with van der Waals surface area (Å²) >= 11 is 0. The fourth-order valence-corrected chi connectivity index (χ4v) is 3.92. The molecule has 4 rings (SSSR count). The number of carbonyl (C=O) groups excluding carboxylic acids is 1. The first kappa shape index (κ1) is 14.9. The van der Waals surface area contributed by atoms with Crippen molar-refractivity contribution in [1.29, 1.82) is 0 Å². The van der Waals surface area contributed by atoms with Gasteiger partial charge in [0.2, 0.25) is 0 Å². The Morgan fingerprint density at radius 2 is 1.96 bits per heavy atom. The molecule has 1 aromatic rings. The van der Waals surface area contributed by atoms with Gasteiger partial charge in [-0.05, 0) is 38.5 Å². The van der Waals surface area contributed by atoms with Crippen LogP contribution < -0.4 is 4.90 Å². The Labute approximate surface area is 136 Å². The molecule has 0 spiro atoms. The highest BCUT2D eigenvalue weighted by Gasteiger charge is 2.32. The standard InChI is InChI=1S/C17H24N4O2/c22-17(20-7-2-1-3-8-20)15-11-21(9-10-23-15)16-13-5-4-6-14(13)18-12-19-16/h12,15H,1-11H2. The van der Waals surface area contributed by atoms with E-state index in [9.17, 15) is 4.79 Å². The fraction of sp³-hybridized carbons (Fsp3) is 0.706. The van der Waals surface area contributed by atoms with E-state index in [4.69, 9.17) is 4.74 Å². The molecule has 3 heterocycles. The maximum Gasteiger partial charge on any atom is 0.253 e. The van der Waals surface area contributed by atoms with Gasteiger partial charge >= 0.3 is 0 Å². The third kappa shape index (κ3) is 2.92. The van der Waals surface area contributed by atoms with Gasteiger partial charge in [0, 0.05) is 30.9 Å². The van der Waals surface area contributed by atoms with E-state index >= 15 is 0 Å². The van der Waals surface area contributed by atoms with Gasteiger partial charge in [-0.15, -0.1) is 0 Å². The Hall–Kier alpha value is -1.69. The Morgan fingerprint density at radius 3 is 2.83 bits per heavy atom. The van der Waals surface area contributed by atoms with Gasteiger partial charge in [0.25, 0.3) is 5.91 Å². The van der Waals surface area contributed by atoms with Crippen molar-refractivity contribution < 1.29 is 9.53 Å². The van der Waals surface area contributed by atoms with Crippen LogP contribution in [0.25, 0.3) is 0 Å². The number of piperidine rings is 1. The van der Waals surface area contributed by atoms with Gasteiger partial charge in [-0.3, -0.25) is 4.79 Å². The van der Waals surface area contributed by atoms with Gasteiger partial charge in [0.05, 0.1) is 13.2 Å². The zero-order valence-corrected chi connectivity index (χ0v) is 13.5. The number of morpholine rings is 1.